The molecule has 130 valence electrons. The molecule has 0 spiro atoms. The number of methoxy groups -OCH3 is 2. The molecule has 0 radical (unpaired) electrons. The highest BCUT2D eigenvalue weighted by Crippen LogP contribution is 2.29. The number of aryl methyl sites for hydroxylation is 1. The molecular weight excluding hydrogens is 326 g/mol. The van der Waals surface area contributed by atoms with E-state index in [9.17, 15) is 9.59 Å². The van der Waals surface area contributed by atoms with Crippen LogP contribution in [0.5, 0.6) is 11.5 Å². The molecule has 0 fully saturated rings. The number of benzene rings is 1. The second kappa shape index (κ2) is 6.63. The van der Waals surface area contributed by atoms with E-state index in [1.165, 1.54) is 36.0 Å². The van der Waals surface area contributed by atoms with Crippen LogP contribution in [0.25, 0.3) is 11.0 Å². The molecule has 0 saturated heterocycles. The molecule has 3 rings (SSSR count). The van der Waals surface area contributed by atoms with Gasteiger partial charge in [0.1, 0.15) is 18.3 Å². The summed E-state index contributed by atoms with van der Waals surface area (Å²) in [6.07, 6.45) is 2.77. The average molecular weight is 343 g/mol. The molecule has 1 amide bonds. The summed E-state index contributed by atoms with van der Waals surface area (Å²) >= 11 is 0. The minimum absolute atomic E-state index is 0.162. The molecule has 0 aliphatic carbocycles. The van der Waals surface area contributed by atoms with Crippen molar-refractivity contribution >= 4 is 22.6 Å². The van der Waals surface area contributed by atoms with Crippen molar-refractivity contribution in [1.29, 1.82) is 0 Å². The van der Waals surface area contributed by atoms with E-state index in [0.29, 0.717) is 28.2 Å². The zero-order chi connectivity index (χ0) is 18.0. The number of hydrogen-bond acceptors (Lipinski definition) is 6. The van der Waals surface area contributed by atoms with Gasteiger partial charge in [0.2, 0.25) is 5.91 Å². The van der Waals surface area contributed by atoms with E-state index in [-0.39, 0.29) is 18.0 Å². The predicted molar refractivity (Wildman–Crippen MR) is 90.9 cm³/mol. The maximum atomic E-state index is 12.4. The van der Waals surface area contributed by atoms with Gasteiger partial charge in [-0.3, -0.25) is 18.8 Å². The van der Waals surface area contributed by atoms with Crippen LogP contribution in [-0.2, 0) is 18.4 Å². The number of aromatic nitrogens is 4. The van der Waals surface area contributed by atoms with E-state index >= 15 is 0 Å². The van der Waals surface area contributed by atoms with E-state index in [1.54, 1.807) is 25.2 Å². The predicted octanol–water partition coefficient (Wildman–Crippen LogP) is 0.786. The van der Waals surface area contributed by atoms with Gasteiger partial charge >= 0.3 is 0 Å². The van der Waals surface area contributed by atoms with Crippen LogP contribution in [0.15, 0.2) is 35.5 Å². The highest BCUT2D eigenvalue weighted by Gasteiger charge is 2.12. The van der Waals surface area contributed by atoms with Crippen molar-refractivity contribution in [2.24, 2.45) is 7.05 Å². The Morgan fingerprint density at radius 1 is 1.24 bits per heavy atom. The Balaban J connectivity index is 1.79. The van der Waals surface area contributed by atoms with Crippen molar-refractivity contribution in [3.63, 3.8) is 0 Å². The zero-order valence-corrected chi connectivity index (χ0v) is 14.0. The Morgan fingerprint density at radius 3 is 2.72 bits per heavy atom. The largest absolute Gasteiger partial charge is 0.493 e. The van der Waals surface area contributed by atoms with Gasteiger partial charge in [0, 0.05) is 18.8 Å². The number of nitrogens with zero attached hydrogens (tertiary/aromatic N) is 4. The Kier molecular flexibility index (Phi) is 4.38. The number of carbonyl (C=O) groups is 1. The smallest absolute Gasteiger partial charge is 0.264 e. The number of hydrogen-bond donors (Lipinski definition) is 1. The van der Waals surface area contributed by atoms with Crippen molar-refractivity contribution < 1.29 is 14.3 Å². The van der Waals surface area contributed by atoms with Gasteiger partial charge in [0.15, 0.2) is 17.1 Å². The van der Waals surface area contributed by atoms with E-state index in [2.05, 4.69) is 15.4 Å². The quantitative estimate of drug-likeness (QED) is 0.735. The Bertz CT molecular complexity index is 992. The van der Waals surface area contributed by atoms with Gasteiger partial charge in [0.25, 0.3) is 5.56 Å². The third-order valence-corrected chi connectivity index (χ3v) is 3.70. The monoisotopic (exact) mass is 343 g/mol. The third kappa shape index (κ3) is 3.16. The molecule has 1 aromatic carbocycles. The first kappa shape index (κ1) is 16.5. The summed E-state index contributed by atoms with van der Waals surface area (Å²) < 4.78 is 13.1. The maximum Gasteiger partial charge on any atom is 0.264 e. The van der Waals surface area contributed by atoms with Crippen molar-refractivity contribution in [3.05, 3.63) is 41.1 Å². The molecule has 0 unspecified atom stereocenters. The topological polar surface area (TPSA) is 100 Å². The number of amides is 1. The van der Waals surface area contributed by atoms with Crippen molar-refractivity contribution in [1.82, 2.24) is 19.3 Å². The number of rotatable bonds is 5. The number of fused-ring (bicyclic) bond motifs is 1. The van der Waals surface area contributed by atoms with Crippen LogP contribution in [0.3, 0.4) is 0 Å². The summed E-state index contributed by atoms with van der Waals surface area (Å²) in [5, 5.41) is 7.07. The van der Waals surface area contributed by atoms with Gasteiger partial charge in [-0.1, -0.05) is 0 Å². The van der Waals surface area contributed by atoms with Gasteiger partial charge in [0.05, 0.1) is 20.4 Å². The average Bonchev–Trinajstić information content (AvgIpc) is 2.99. The van der Waals surface area contributed by atoms with E-state index in [4.69, 9.17) is 9.47 Å². The molecule has 0 bridgehead atoms. The van der Waals surface area contributed by atoms with Gasteiger partial charge in [-0.05, 0) is 12.1 Å². The molecule has 2 heterocycles. The van der Waals surface area contributed by atoms with E-state index in [1.807, 2.05) is 0 Å². The maximum absolute atomic E-state index is 12.4. The highest BCUT2D eigenvalue weighted by atomic mass is 16.5. The fourth-order valence-electron chi connectivity index (χ4n) is 2.45. The van der Waals surface area contributed by atoms with Crippen LogP contribution in [0.1, 0.15) is 0 Å². The molecular formula is C16H17N5O4. The molecule has 9 nitrogen and oxygen atoms in total. The Morgan fingerprint density at radius 2 is 2.00 bits per heavy atom. The first-order valence-corrected chi connectivity index (χ1v) is 7.42. The lowest BCUT2D eigenvalue weighted by Crippen LogP contribution is -2.27. The first-order valence-electron chi connectivity index (χ1n) is 7.42. The number of ether oxygens (including phenoxy) is 2. The molecule has 1 N–H and O–H groups in total. The van der Waals surface area contributed by atoms with Gasteiger partial charge in [-0.2, -0.15) is 5.10 Å². The number of nitrogens with one attached hydrogen (secondary N) is 1. The summed E-state index contributed by atoms with van der Waals surface area (Å²) in [5.41, 5.74) is 0.688. The summed E-state index contributed by atoms with van der Waals surface area (Å²) in [4.78, 5) is 28.8. The minimum Gasteiger partial charge on any atom is -0.493 e. The summed E-state index contributed by atoms with van der Waals surface area (Å²) in [7, 11) is 4.74. The molecule has 0 aliphatic rings. The van der Waals surface area contributed by atoms with Crippen LogP contribution in [-0.4, -0.2) is 39.5 Å². The van der Waals surface area contributed by atoms with E-state index < -0.39 is 0 Å². The first-order chi connectivity index (χ1) is 12.0. The van der Waals surface area contributed by atoms with Crippen LogP contribution >= 0.6 is 0 Å². The highest BCUT2D eigenvalue weighted by molar-refractivity contribution is 5.91. The molecule has 0 aliphatic heterocycles. The second-order valence-electron chi connectivity index (χ2n) is 5.30. The van der Waals surface area contributed by atoms with Crippen molar-refractivity contribution in [2.45, 2.75) is 6.54 Å². The van der Waals surface area contributed by atoms with Gasteiger partial charge < -0.3 is 14.8 Å². The van der Waals surface area contributed by atoms with Crippen LogP contribution in [0.2, 0.25) is 0 Å². The Hall–Kier alpha value is -3.36. The van der Waals surface area contributed by atoms with Crippen LogP contribution in [0, 0.1) is 0 Å². The van der Waals surface area contributed by atoms with Crippen LogP contribution < -0.4 is 20.3 Å². The van der Waals surface area contributed by atoms with Gasteiger partial charge in [-0.25, -0.2) is 4.98 Å². The summed E-state index contributed by atoms with van der Waals surface area (Å²) in [6.45, 7) is -0.162. The Labute approximate surface area is 142 Å². The summed E-state index contributed by atoms with van der Waals surface area (Å²) in [5.74, 6) is 0.693. The summed E-state index contributed by atoms with van der Waals surface area (Å²) in [6, 6.07) is 5.01. The molecule has 9 heteroatoms. The SMILES string of the molecule is COc1ccc(NC(=O)Cn2cnc3c(cnn3C)c2=O)cc1OC. The fraction of sp³-hybridized carbons (Fsp3) is 0.250. The second-order valence-corrected chi connectivity index (χ2v) is 5.30. The molecule has 0 atom stereocenters. The fourth-order valence-corrected chi connectivity index (χ4v) is 2.45. The molecule has 2 aromatic heterocycles. The lowest BCUT2D eigenvalue weighted by molar-refractivity contribution is -0.116. The zero-order valence-electron chi connectivity index (χ0n) is 14.0. The van der Waals surface area contributed by atoms with Crippen molar-refractivity contribution in [2.75, 3.05) is 19.5 Å². The lowest BCUT2D eigenvalue weighted by Gasteiger charge is -2.11. The molecule has 0 saturated carbocycles. The third-order valence-electron chi connectivity index (χ3n) is 3.70. The number of anilines is 1. The minimum atomic E-state index is -0.362. The normalized spacial score (nSPS) is 10.7. The molecule has 3 aromatic rings. The number of carbonyl (C=O) groups excluding carboxylic acids is 1. The standard InChI is InChI=1S/C16H17N5O4/c1-20-15-11(7-18-20)16(23)21(9-17-15)8-14(22)19-10-4-5-12(24-2)13(6-10)25-3/h4-7,9H,8H2,1-3H3,(H,19,22). The molecule has 25 heavy (non-hydrogen) atoms. The lowest BCUT2D eigenvalue weighted by atomic mass is 10.2. The van der Waals surface area contributed by atoms with Crippen LogP contribution in [0.4, 0.5) is 5.69 Å². The van der Waals surface area contributed by atoms with E-state index in [0.717, 1.165) is 0 Å². The van der Waals surface area contributed by atoms with Crippen molar-refractivity contribution in [3.8, 4) is 11.5 Å². The van der Waals surface area contributed by atoms with Gasteiger partial charge in [-0.15, -0.1) is 0 Å².